The molecule has 1 atom stereocenters. The van der Waals surface area contributed by atoms with E-state index in [9.17, 15) is 9.59 Å². The molecule has 0 saturated carbocycles. The number of ketones is 1. The number of aromatic nitrogens is 4. The van der Waals surface area contributed by atoms with Crippen LogP contribution in [0.3, 0.4) is 0 Å². The highest BCUT2D eigenvalue weighted by Crippen LogP contribution is 2.23. The summed E-state index contributed by atoms with van der Waals surface area (Å²) in [5, 5.41) is 4.23. The number of nitrogens with zero attached hydrogens (tertiary/aromatic N) is 5. The van der Waals surface area contributed by atoms with Gasteiger partial charge in [-0.3, -0.25) is 14.2 Å². The molecule has 5 rings (SSSR count). The molecule has 1 unspecified atom stereocenters. The lowest BCUT2D eigenvalue weighted by Gasteiger charge is -2.24. The predicted molar refractivity (Wildman–Crippen MR) is 130 cm³/mol. The second kappa shape index (κ2) is 8.78. The zero-order valence-corrected chi connectivity index (χ0v) is 18.9. The van der Waals surface area contributed by atoms with Crippen molar-refractivity contribution in [2.45, 2.75) is 13.0 Å². The highest BCUT2D eigenvalue weighted by molar-refractivity contribution is 6.42. The Hall–Kier alpha value is -4.52. The number of carbonyl (C=O) groups excluding carboxylic acids is 2. The van der Waals surface area contributed by atoms with Gasteiger partial charge >= 0.3 is 0 Å². The molecule has 7 nitrogen and oxygen atoms in total. The van der Waals surface area contributed by atoms with Crippen LogP contribution in [0, 0.1) is 0 Å². The van der Waals surface area contributed by atoms with Crippen LogP contribution in [0.4, 0.5) is 0 Å². The number of amides is 1. The summed E-state index contributed by atoms with van der Waals surface area (Å²) >= 11 is 0. The molecule has 2 aromatic heterocycles. The summed E-state index contributed by atoms with van der Waals surface area (Å²) in [6.45, 7) is 1.90. The van der Waals surface area contributed by atoms with Crippen LogP contribution in [-0.4, -0.2) is 43.0 Å². The standard InChI is InChI=1S/C27H23N5O2/c1-19(20-12-14-22(15-13-20)31-18-28-24-10-6-7-11-25(24)31)30(2)27(34)26(33)21-16-29-32(17-21)23-8-4-3-5-9-23/h3-19H,1-2H3. The first kappa shape index (κ1) is 21.3. The number of imidazole rings is 1. The van der Waals surface area contributed by atoms with Gasteiger partial charge in [-0.25, -0.2) is 9.67 Å². The van der Waals surface area contributed by atoms with Crippen LogP contribution >= 0.6 is 0 Å². The summed E-state index contributed by atoms with van der Waals surface area (Å²) in [6, 6.07) is 25.0. The lowest BCUT2D eigenvalue weighted by Crippen LogP contribution is -2.35. The Morgan fingerprint density at radius 3 is 2.35 bits per heavy atom. The van der Waals surface area contributed by atoms with Gasteiger partial charge in [0, 0.05) is 18.9 Å². The van der Waals surface area contributed by atoms with Crippen molar-refractivity contribution < 1.29 is 9.59 Å². The molecule has 1 amide bonds. The molecule has 0 aliphatic carbocycles. The number of rotatable bonds is 6. The largest absolute Gasteiger partial charge is 0.332 e. The average Bonchev–Trinajstić information content (AvgIpc) is 3.55. The maximum atomic E-state index is 12.9. The summed E-state index contributed by atoms with van der Waals surface area (Å²) in [5.74, 6) is -1.16. The second-order valence-corrected chi connectivity index (χ2v) is 8.13. The first-order valence-electron chi connectivity index (χ1n) is 11.0. The van der Waals surface area contributed by atoms with Crippen LogP contribution in [0.15, 0.2) is 97.6 Å². The number of fused-ring (bicyclic) bond motifs is 1. The van der Waals surface area contributed by atoms with Crippen LogP contribution in [0.5, 0.6) is 0 Å². The number of likely N-dealkylation sites (N-methyl/N-ethyl adjacent to an activating group) is 1. The molecule has 34 heavy (non-hydrogen) atoms. The van der Waals surface area contributed by atoms with Gasteiger partial charge in [0.1, 0.15) is 6.33 Å². The van der Waals surface area contributed by atoms with E-state index in [1.165, 1.54) is 11.1 Å². The number of hydrogen-bond donors (Lipinski definition) is 0. The van der Waals surface area contributed by atoms with Gasteiger partial charge in [-0.1, -0.05) is 42.5 Å². The van der Waals surface area contributed by atoms with E-state index < -0.39 is 11.7 Å². The summed E-state index contributed by atoms with van der Waals surface area (Å²) in [6.07, 6.45) is 4.81. The highest BCUT2D eigenvalue weighted by Gasteiger charge is 2.26. The Kier molecular flexibility index (Phi) is 5.51. The van der Waals surface area contributed by atoms with E-state index in [0.717, 1.165) is 28.0 Å². The molecular weight excluding hydrogens is 426 g/mol. The van der Waals surface area contributed by atoms with Gasteiger partial charge < -0.3 is 4.90 Å². The number of Topliss-reactive ketones (excluding diaryl/α,β-unsaturated/α-hetero) is 1. The Morgan fingerprint density at radius 1 is 0.882 bits per heavy atom. The van der Waals surface area contributed by atoms with Crippen molar-refractivity contribution in [2.75, 3.05) is 7.05 Å². The van der Waals surface area contributed by atoms with Crippen molar-refractivity contribution in [3.63, 3.8) is 0 Å². The Bertz CT molecular complexity index is 1470. The van der Waals surface area contributed by atoms with Crippen molar-refractivity contribution in [3.05, 3.63) is 109 Å². The fraction of sp³-hybridized carbons (Fsp3) is 0.111. The second-order valence-electron chi connectivity index (χ2n) is 8.13. The van der Waals surface area contributed by atoms with Crippen molar-refractivity contribution >= 4 is 22.7 Å². The van der Waals surface area contributed by atoms with Gasteiger partial charge in [0.15, 0.2) is 0 Å². The van der Waals surface area contributed by atoms with Gasteiger partial charge in [-0.15, -0.1) is 0 Å². The quantitative estimate of drug-likeness (QED) is 0.280. The highest BCUT2D eigenvalue weighted by atomic mass is 16.2. The van der Waals surface area contributed by atoms with Crippen LogP contribution in [0.25, 0.3) is 22.4 Å². The number of hydrogen-bond acceptors (Lipinski definition) is 4. The fourth-order valence-electron chi connectivity index (χ4n) is 3.92. The lowest BCUT2D eigenvalue weighted by molar-refractivity contribution is -0.127. The number of para-hydroxylation sites is 3. The van der Waals surface area contributed by atoms with Crippen molar-refractivity contribution in [1.82, 2.24) is 24.2 Å². The van der Waals surface area contributed by atoms with Gasteiger partial charge in [0.25, 0.3) is 11.7 Å². The Labute approximate surface area is 196 Å². The van der Waals surface area contributed by atoms with E-state index in [0.29, 0.717) is 0 Å². The molecule has 2 heterocycles. The predicted octanol–water partition coefficient (Wildman–Crippen LogP) is 4.61. The summed E-state index contributed by atoms with van der Waals surface area (Å²) in [7, 11) is 1.64. The van der Waals surface area contributed by atoms with Crippen LogP contribution in [0.1, 0.15) is 28.9 Å². The van der Waals surface area contributed by atoms with Crippen LogP contribution in [0.2, 0.25) is 0 Å². The van der Waals surface area contributed by atoms with Gasteiger partial charge in [-0.05, 0) is 48.9 Å². The topological polar surface area (TPSA) is 73.0 Å². The van der Waals surface area contributed by atoms with Crippen LogP contribution in [-0.2, 0) is 4.79 Å². The zero-order chi connectivity index (χ0) is 23.7. The fourth-order valence-corrected chi connectivity index (χ4v) is 3.92. The maximum Gasteiger partial charge on any atom is 0.295 e. The Balaban J connectivity index is 1.31. The summed E-state index contributed by atoms with van der Waals surface area (Å²) in [4.78, 5) is 31.7. The van der Waals surface area contributed by atoms with E-state index >= 15 is 0 Å². The molecule has 0 spiro atoms. The third-order valence-corrected chi connectivity index (χ3v) is 6.07. The third kappa shape index (κ3) is 3.88. The van der Waals surface area contributed by atoms with Gasteiger partial charge in [0.2, 0.25) is 0 Å². The molecule has 3 aromatic carbocycles. The molecule has 0 saturated heterocycles. The first-order valence-corrected chi connectivity index (χ1v) is 11.0. The number of benzene rings is 3. The zero-order valence-electron chi connectivity index (χ0n) is 18.9. The molecule has 5 aromatic rings. The van der Waals surface area contributed by atoms with Gasteiger partial charge in [-0.2, -0.15) is 5.10 Å². The van der Waals surface area contributed by atoms with Gasteiger partial charge in [0.05, 0.1) is 34.5 Å². The minimum Gasteiger partial charge on any atom is -0.332 e. The maximum absolute atomic E-state index is 12.9. The summed E-state index contributed by atoms with van der Waals surface area (Å²) in [5.41, 5.74) is 4.94. The summed E-state index contributed by atoms with van der Waals surface area (Å²) < 4.78 is 3.61. The first-order chi connectivity index (χ1) is 16.5. The van der Waals surface area contributed by atoms with Crippen molar-refractivity contribution in [2.24, 2.45) is 0 Å². The van der Waals surface area contributed by atoms with E-state index in [2.05, 4.69) is 10.1 Å². The molecule has 168 valence electrons. The molecule has 0 bridgehead atoms. The molecule has 0 N–H and O–H groups in total. The molecule has 0 fully saturated rings. The lowest BCUT2D eigenvalue weighted by atomic mass is 10.1. The molecule has 0 aliphatic heterocycles. The monoisotopic (exact) mass is 449 g/mol. The SMILES string of the molecule is CC(c1ccc(-n2cnc3ccccc32)cc1)N(C)C(=O)C(=O)c1cnn(-c2ccccc2)c1. The normalized spacial score (nSPS) is 11.9. The smallest absolute Gasteiger partial charge is 0.295 e. The van der Waals surface area contributed by atoms with E-state index in [1.807, 2.05) is 90.4 Å². The molecular formula is C27H23N5O2. The van der Waals surface area contributed by atoms with E-state index in [4.69, 9.17) is 0 Å². The third-order valence-electron chi connectivity index (χ3n) is 6.07. The van der Waals surface area contributed by atoms with Crippen molar-refractivity contribution in [1.29, 1.82) is 0 Å². The minimum atomic E-state index is -0.585. The molecule has 7 heteroatoms. The van der Waals surface area contributed by atoms with Crippen LogP contribution < -0.4 is 0 Å². The molecule has 0 aliphatic rings. The molecule has 0 radical (unpaired) electrons. The van der Waals surface area contributed by atoms with E-state index in [1.54, 1.807) is 24.3 Å². The number of carbonyl (C=O) groups is 2. The van der Waals surface area contributed by atoms with E-state index in [-0.39, 0.29) is 11.6 Å². The minimum absolute atomic E-state index is 0.259. The Morgan fingerprint density at radius 2 is 1.59 bits per heavy atom. The van der Waals surface area contributed by atoms with Crippen molar-refractivity contribution in [3.8, 4) is 11.4 Å². The average molecular weight is 450 g/mol.